The first-order valence-electron chi connectivity index (χ1n) is 7.84. The van der Waals surface area contributed by atoms with Gasteiger partial charge in [0, 0.05) is 19.6 Å². The molecule has 1 saturated heterocycles. The van der Waals surface area contributed by atoms with E-state index in [0.717, 1.165) is 39.1 Å². The molecule has 0 bridgehead atoms. The van der Waals surface area contributed by atoms with Crippen LogP contribution in [0, 0.1) is 0 Å². The molecule has 0 aromatic heterocycles. The predicted octanol–water partition coefficient (Wildman–Crippen LogP) is 4.13. The number of hydrogen-bond acceptors (Lipinski definition) is 2. The van der Waals surface area contributed by atoms with E-state index < -0.39 is 0 Å². The van der Waals surface area contributed by atoms with Crippen LogP contribution in [0.4, 0.5) is 0 Å². The van der Waals surface area contributed by atoms with Crippen molar-refractivity contribution >= 4 is 12.4 Å². The largest absolute Gasteiger partial charge is 0.365 e. The standard InChI is InChI=1S/C19H21NO.ClH/c1-2-6-16(7-3-1)14-20-12-10-19(11-13-20)18-9-5-4-8-17(18)15-21-19;/h1-9H,10-15H2;1H. The van der Waals surface area contributed by atoms with Crippen LogP contribution in [0.15, 0.2) is 54.6 Å². The molecule has 0 atom stereocenters. The second-order valence-corrected chi connectivity index (χ2v) is 6.20. The predicted molar refractivity (Wildman–Crippen MR) is 91.1 cm³/mol. The van der Waals surface area contributed by atoms with Gasteiger partial charge in [0.2, 0.25) is 0 Å². The summed E-state index contributed by atoms with van der Waals surface area (Å²) in [6.07, 6.45) is 2.22. The fourth-order valence-corrected chi connectivity index (χ4v) is 3.71. The van der Waals surface area contributed by atoms with Crippen LogP contribution in [-0.2, 0) is 23.5 Å². The number of nitrogens with zero attached hydrogens (tertiary/aromatic N) is 1. The summed E-state index contributed by atoms with van der Waals surface area (Å²) < 4.78 is 6.22. The number of halogens is 1. The summed E-state index contributed by atoms with van der Waals surface area (Å²) in [4.78, 5) is 2.55. The van der Waals surface area contributed by atoms with E-state index in [0.29, 0.717) is 0 Å². The maximum atomic E-state index is 6.22. The summed E-state index contributed by atoms with van der Waals surface area (Å²) in [5, 5.41) is 0. The van der Waals surface area contributed by atoms with Gasteiger partial charge in [-0.3, -0.25) is 4.90 Å². The molecule has 4 rings (SSSR count). The summed E-state index contributed by atoms with van der Waals surface area (Å²) in [5.74, 6) is 0. The molecule has 2 heterocycles. The van der Waals surface area contributed by atoms with Crippen LogP contribution in [0.5, 0.6) is 0 Å². The van der Waals surface area contributed by atoms with E-state index in [1.807, 2.05) is 0 Å². The monoisotopic (exact) mass is 315 g/mol. The van der Waals surface area contributed by atoms with Crippen molar-refractivity contribution in [3.05, 3.63) is 71.3 Å². The second kappa shape index (κ2) is 6.41. The fraction of sp³-hybridized carbons (Fsp3) is 0.368. The normalized spacial score (nSPS) is 19.6. The molecule has 0 amide bonds. The molecule has 2 aliphatic heterocycles. The third kappa shape index (κ3) is 2.79. The first-order chi connectivity index (χ1) is 10.4. The van der Waals surface area contributed by atoms with Crippen LogP contribution in [0.25, 0.3) is 0 Å². The number of likely N-dealkylation sites (tertiary alicyclic amines) is 1. The van der Waals surface area contributed by atoms with Crippen molar-refractivity contribution in [1.82, 2.24) is 4.90 Å². The highest BCUT2D eigenvalue weighted by Crippen LogP contribution is 2.44. The number of piperidine rings is 1. The van der Waals surface area contributed by atoms with Gasteiger partial charge in [0.1, 0.15) is 0 Å². The van der Waals surface area contributed by atoms with Crippen LogP contribution in [-0.4, -0.2) is 18.0 Å². The zero-order valence-electron chi connectivity index (χ0n) is 12.7. The van der Waals surface area contributed by atoms with E-state index >= 15 is 0 Å². The van der Waals surface area contributed by atoms with Gasteiger partial charge in [0.05, 0.1) is 12.2 Å². The van der Waals surface area contributed by atoms with Crippen LogP contribution in [0.1, 0.15) is 29.5 Å². The van der Waals surface area contributed by atoms with E-state index in [1.54, 1.807) is 0 Å². The molecular weight excluding hydrogens is 294 g/mol. The van der Waals surface area contributed by atoms with Gasteiger partial charge in [-0.1, -0.05) is 54.6 Å². The Hall–Kier alpha value is -1.35. The molecule has 0 aliphatic carbocycles. The maximum Gasteiger partial charge on any atom is 0.0963 e. The molecule has 1 fully saturated rings. The molecular formula is C19H22ClNO. The lowest BCUT2D eigenvalue weighted by molar-refractivity contribution is -0.0799. The molecule has 116 valence electrons. The third-order valence-corrected chi connectivity index (χ3v) is 4.92. The van der Waals surface area contributed by atoms with Gasteiger partial charge in [-0.25, -0.2) is 0 Å². The highest BCUT2D eigenvalue weighted by atomic mass is 35.5. The Morgan fingerprint density at radius 3 is 2.36 bits per heavy atom. The molecule has 0 saturated carbocycles. The third-order valence-electron chi connectivity index (χ3n) is 4.92. The van der Waals surface area contributed by atoms with Crippen molar-refractivity contribution in [2.45, 2.75) is 31.6 Å². The van der Waals surface area contributed by atoms with E-state index in [9.17, 15) is 0 Å². The van der Waals surface area contributed by atoms with Crippen molar-refractivity contribution in [1.29, 1.82) is 0 Å². The Morgan fingerprint density at radius 2 is 1.59 bits per heavy atom. The lowest BCUT2D eigenvalue weighted by atomic mass is 9.84. The summed E-state index contributed by atoms with van der Waals surface area (Å²) in [6.45, 7) is 4.07. The molecule has 2 aromatic rings. The number of hydrogen-bond donors (Lipinski definition) is 0. The fourth-order valence-electron chi connectivity index (χ4n) is 3.71. The lowest BCUT2D eigenvalue weighted by Crippen LogP contribution is -2.42. The molecule has 0 N–H and O–H groups in total. The summed E-state index contributed by atoms with van der Waals surface area (Å²) in [5.41, 5.74) is 4.21. The van der Waals surface area contributed by atoms with Crippen molar-refractivity contribution in [2.75, 3.05) is 13.1 Å². The highest BCUT2D eigenvalue weighted by Gasteiger charge is 2.42. The maximum absolute atomic E-state index is 6.22. The molecule has 2 aromatic carbocycles. The minimum Gasteiger partial charge on any atom is -0.365 e. The Morgan fingerprint density at radius 1 is 0.909 bits per heavy atom. The van der Waals surface area contributed by atoms with Gasteiger partial charge in [-0.2, -0.15) is 0 Å². The van der Waals surface area contributed by atoms with Crippen molar-refractivity contribution in [2.24, 2.45) is 0 Å². The highest BCUT2D eigenvalue weighted by molar-refractivity contribution is 5.85. The van der Waals surface area contributed by atoms with Gasteiger partial charge < -0.3 is 4.74 Å². The average Bonchev–Trinajstić information content (AvgIpc) is 2.90. The van der Waals surface area contributed by atoms with Crippen LogP contribution in [0.3, 0.4) is 0 Å². The van der Waals surface area contributed by atoms with E-state index in [1.165, 1.54) is 16.7 Å². The molecule has 1 spiro atoms. The summed E-state index contributed by atoms with van der Waals surface area (Å²) >= 11 is 0. The van der Waals surface area contributed by atoms with E-state index in [2.05, 4.69) is 59.5 Å². The van der Waals surface area contributed by atoms with Gasteiger partial charge in [0.25, 0.3) is 0 Å². The Balaban J connectivity index is 0.00000144. The van der Waals surface area contributed by atoms with Crippen LogP contribution < -0.4 is 0 Å². The van der Waals surface area contributed by atoms with Gasteiger partial charge >= 0.3 is 0 Å². The summed E-state index contributed by atoms with van der Waals surface area (Å²) in [7, 11) is 0. The van der Waals surface area contributed by atoms with Crippen LogP contribution in [0.2, 0.25) is 0 Å². The quantitative estimate of drug-likeness (QED) is 0.826. The smallest absolute Gasteiger partial charge is 0.0963 e. The van der Waals surface area contributed by atoms with Gasteiger partial charge in [0.15, 0.2) is 0 Å². The molecule has 22 heavy (non-hydrogen) atoms. The number of fused-ring (bicyclic) bond motifs is 2. The van der Waals surface area contributed by atoms with Crippen LogP contribution >= 0.6 is 12.4 Å². The Labute approximate surface area is 138 Å². The Bertz CT molecular complexity index is 620. The molecule has 2 nitrogen and oxygen atoms in total. The van der Waals surface area contributed by atoms with E-state index in [-0.39, 0.29) is 18.0 Å². The first kappa shape index (κ1) is 15.5. The van der Waals surface area contributed by atoms with Gasteiger partial charge in [-0.05, 0) is 29.5 Å². The minimum atomic E-state index is -0.0101. The number of rotatable bonds is 2. The number of ether oxygens (including phenoxy) is 1. The van der Waals surface area contributed by atoms with Crippen molar-refractivity contribution in [3.63, 3.8) is 0 Å². The van der Waals surface area contributed by atoms with Crippen molar-refractivity contribution in [3.8, 4) is 0 Å². The zero-order valence-corrected chi connectivity index (χ0v) is 13.5. The number of benzene rings is 2. The minimum absolute atomic E-state index is 0. The summed E-state index contributed by atoms with van der Waals surface area (Å²) in [6, 6.07) is 19.5. The molecule has 0 radical (unpaired) electrons. The molecule has 2 aliphatic rings. The topological polar surface area (TPSA) is 12.5 Å². The molecule has 3 heteroatoms. The lowest BCUT2D eigenvalue weighted by Gasteiger charge is -2.39. The average molecular weight is 316 g/mol. The zero-order chi connectivity index (χ0) is 14.1. The van der Waals surface area contributed by atoms with Crippen molar-refractivity contribution < 1.29 is 4.74 Å². The second-order valence-electron chi connectivity index (χ2n) is 6.20. The van der Waals surface area contributed by atoms with E-state index in [4.69, 9.17) is 4.74 Å². The molecule has 0 unspecified atom stereocenters. The Kier molecular flexibility index (Phi) is 4.53. The first-order valence-corrected chi connectivity index (χ1v) is 7.84. The SMILES string of the molecule is Cl.c1ccc(CN2CCC3(CC2)OCc2ccccc23)cc1. The van der Waals surface area contributed by atoms with Gasteiger partial charge in [-0.15, -0.1) is 12.4 Å².